The molecule has 0 bridgehead atoms. The Kier molecular flexibility index (Phi) is 6.92. The summed E-state index contributed by atoms with van der Waals surface area (Å²) in [6, 6.07) is 0. The largest absolute Gasteiger partial charge is 0.401 e. The quantitative estimate of drug-likeness (QED) is 0.715. The van der Waals surface area contributed by atoms with Gasteiger partial charge in [-0.05, 0) is 32.5 Å². The molecule has 0 aromatic heterocycles. The minimum Gasteiger partial charge on any atom is -0.319 e. The van der Waals surface area contributed by atoms with Crippen LogP contribution >= 0.6 is 0 Å². The van der Waals surface area contributed by atoms with E-state index in [4.69, 9.17) is 0 Å². The van der Waals surface area contributed by atoms with Gasteiger partial charge in [0.1, 0.15) is 0 Å². The highest BCUT2D eigenvalue weighted by atomic mass is 19.4. The summed E-state index contributed by atoms with van der Waals surface area (Å²) in [5.74, 6) is 0.240. The first kappa shape index (κ1) is 14.7. The van der Waals surface area contributed by atoms with Gasteiger partial charge in [0.2, 0.25) is 0 Å². The lowest BCUT2D eigenvalue weighted by atomic mass is 10.1. The van der Waals surface area contributed by atoms with Crippen molar-refractivity contribution >= 4 is 0 Å². The second kappa shape index (κ2) is 7.06. The van der Waals surface area contributed by atoms with Crippen LogP contribution in [0.5, 0.6) is 0 Å². The number of nitrogens with zero attached hydrogens (tertiary/aromatic N) is 1. The molecule has 0 saturated heterocycles. The van der Waals surface area contributed by atoms with Gasteiger partial charge in [-0.1, -0.05) is 13.8 Å². The maximum absolute atomic E-state index is 12.2. The molecule has 0 aliphatic rings. The van der Waals surface area contributed by atoms with Gasteiger partial charge < -0.3 is 5.32 Å². The molecule has 0 aromatic rings. The topological polar surface area (TPSA) is 15.3 Å². The van der Waals surface area contributed by atoms with E-state index in [1.807, 2.05) is 20.9 Å². The first-order valence-electron chi connectivity index (χ1n) is 5.32. The second-order valence-corrected chi connectivity index (χ2v) is 4.01. The van der Waals surface area contributed by atoms with Gasteiger partial charge in [-0.3, -0.25) is 4.90 Å². The molecule has 0 fully saturated rings. The van der Waals surface area contributed by atoms with Crippen LogP contribution in [0, 0.1) is 5.92 Å². The number of halogens is 3. The molecule has 0 radical (unpaired) electrons. The van der Waals surface area contributed by atoms with Crippen LogP contribution in [-0.2, 0) is 0 Å². The van der Waals surface area contributed by atoms with Crippen LogP contribution < -0.4 is 5.32 Å². The zero-order valence-corrected chi connectivity index (χ0v) is 9.69. The Morgan fingerprint density at radius 1 is 1.33 bits per heavy atom. The van der Waals surface area contributed by atoms with Crippen LogP contribution in [0.1, 0.15) is 20.3 Å². The van der Waals surface area contributed by atoms with Crippen molar-refractivity contribution in [2.24, 2.45) is 5.92 Å². The van der Waals surface area contributed by atoms with Gasteiger partial charge in [-0.25, -0.2) is 0 Å². The summed E-state index contributed by atoms with van der Waals surface area (Å²) >= 11 is 0. The fourth-order valence-corrected chi connectivity index (χ4v) is 1.66. The second-order valence-electron chi connectivity index (χ2n) is 4.01. The molecule has 0 spiro atoms. The molecule has 0 aliphatic carbocycles. The Balaban J connectivity index is 4.03. The molecule has 0 heterocycles. The van der Waals surface area contributed by atoms with Gasteiger partial charge in [0, 0.05) is 6.54 Å². The summed E-state index contributed by atoms with van der Waals surface area (Å²) in [5.41, 5.74) is 0. The van der Waals surface area contributed by atoms with Crippen LogP contribution in [0.15, 0.2) is 0 Å². The number of nitrogens with one attached hydrogen (secondary N) is 1. The molecule has 0 aliphatic heterocycles. The standard InChI is InChI=1S/C10H21F3N2/c1-4-5-15(8-10(11,12)13)7-9(2)6-14-3/h9,14H,4-8H2,1-3H3. The van der Waals surface area contributed by atoms with E-state index in [2.05, 4.69) is 5.32 Å². The molecule has 0 saturated carbocycles. The predicted molar refractivity (Wildman–Crippen MR) is 55.9 cm³/mol. The Morgan fingerprint density at radius 2 is 1.93 bits per heavy atom. The number of hydrogen-bond acceptors (Lipinski definition) is 2. The number of rotatable bonds is 7. The van der Waals surface area contributed by atoms with Crippen LogP contribution in [0.4, 0.5) is 13.2 Å². The predicted octanol–water partition coefficient (Wildman–Crippen LogP) is 2.12. The van der Waals surface area contributed by atoms with Crippen LogP contribution in [0.3, 0.4) is 0 Å². The molecular weight excluding hydrogens is 205 g/mol. The highest BCUT2D eigenvalue weighted by Crippen LogP contribution is 2.17. The summed E-state index contributed by atoms with van der Waals surface area (Å²) in [6.45, 7) is 4.80. The summed E-state index contributed by atoms with van der Waals surface area (Å²) in [6.07, 6.45) is -3.34. The molecular formula is C10H21F3N2. The lowest BCUT2D eigenvalue weighted by molar-refractivity contribution is -0.147. The minimum atomic E-state index is -4.09. The summed E-state index contributed by atoms with van der Waals surface area (Å²) < 4.78 is 36.6. The first-order chi connectivity index (χ1) is 6.89. The normalized spacial score (nSPS) is 14.6. The third kappa shape index (κ3) is 8.69. The molecule has 0 amide bonds. The monoisotopic (exact) mass is 226 g/mol. The fourth-order valence-electron chi connectivity index (χ4n) is 1.66. The highest BCUT2D eigenvalue weighted by molar-refractivity contribution is 4.67. The molecule has 0 rings (SSSR count). The maximum Gasteiger partial charge on any atom is 0.401 e. The fraction of sp³-hybridized carbons (Fsp3) is 1.00. The molecule has 2 nitrogen and oxygen atoms in total. The van der Waals surface area contributed by atoms with E-state index < -0.39 is 12.7 Å². The highest BCUT2D eigenvalue weighted by Gasteiger charge is 2.30. The maximum atomic E-state index is 12.2. The molecule has 0 aromatic carbocycles. The minimum absolute atomic E-state index is 0.240. The van der Waals surface area contributed by atoms with E-state index in [1.54, 1.807) is 0 Å². The van der Waals surface area contributed by atoms with Crippen molar-refractivity contribution in [1.82, 2.24) is 10.2 Å². The average molecular weight is 226 g/mol. The van der Waals surface area contributed by atoms with Crippen molar-refractivity contribution in [1.29, 1.82) is 0 Å². The SMILES string of the molecule is CCCN(CC(C)CNC)CC(F)(F)F. The lowest BCUT2D eigenvalue weighted by Gasteiger charge is -2.26. The average Bonchev–Trinajstić information content (AvgIpc) is 2.01. The third-order valence-electron chi connectivity index (χ3n) is 2.07. The molecule has 92 valence electrons. The van der Waals surface area contributed by atoms with Crippen LogP contribution in [0.2, 0.25) is 0 Å². The van der Waals surface area contributed by atoms with Crippen molar-refractivity contribution in [2.45, 2.75) is 26.4 Å². The molecule has 1 atom stereocenters. The van der Waals surface area contributed by atoms with Crippen molar-refractivity contribution in [3.63, 3.8) is 0 Å². The zero-order chi connectivity index (χ0) is 11.9. The first-order valence-corrected chi connectivity index (χ1v) is 5.32. The number of hydrogen-bond donors (Lipinski definition) is 1. The van der Waals surface area contributed by atoms with Gasteiger partial charge in [0.15, 0.2) is 0 Å². The van der Waals surface area contributed by atoms with Crippen LogP contribution in [-0.4, -0.2) is 44.3 Å². The van der Waals surface area contributed by atoms with E-state index in [0.29, 0.717) is 13.1 Å². The van der Waals surface area contributed by atoms with Crippen molar-refractivity contribution < 1.29 is 13.2 Å². The Morgan fingerprint density at radius 3 is 2.33 bits per heavy atom. The van der Waals surface area contributed by atoms with E-state index in [1.165, 1.54) is 4.90 Å². The lowest BCUT2D eigenvalue weighted by Crippen LogP contribution is -2.39. The molecule has 1 unspecified atom stereocenters. The van der Waals surface area contributed by atoms with Gasteiger partial charge in [-0.15, -0.1) is 0 Å². The van der Waals surface area contributed by atoms with Crippen molar-refractivity contribution in [3.8, 4) is 0 Å². The van der Waals surface area contributed by atoms with E-state index in [-0.39, 0.29) is 5.92 Å². The van der Waals surface area contributed by atoms with Crippen LogP contribution in [0.25, 0.3) is 0 Å². The molecule has 15 heavy (non-hydrogen) atoms. The number of alkyl halides is 3. The zero-order valence-electron chi connectivity index (χ0n) is 9.69. The summed E-state index contributed by atoms with van der Waals surface area (Å²) in [5, 5.41) is 2.97. The van der Waals surface area contributed by atoms with Gasteiger partial charge in [-0.2, -0.15) is 13.2 Å². The van der Waals surface area contributed by atoms with Crippen molar-refractivity contribution in [2.75, 3.05) is 33.2 Å². The third-order valence-corrected chi connectivity index (χ3v) is 2.07. The molecule has 1 N–H and O–H groups in total. The smallest absolute Gasteiger partial charge is 0.319 e. The van der Waals surface area contributed by atoms with E-state index in [9.17, 15) is 13.2 Å². The Bertz CT molecular complexity index is 159. The Labute approximate surface area is 89.8 Å². The Hall–Kier alpha value is -0.290. The summed E-state index contributed by atoms with van der Waals surface area (Å²) in [7, 11) is 1.81. The van der Waals surface area contributed by atoms with E-state index >= 15 is 0 Å². The summed E-state index contributed by atoms with van der Waals surface area (Å²) in [4.78, 5) is 1.47. The molecule has 5 heteroatoms. The van der Waals surface area contributed by atoms with Gasteiger partial charge >= 0.3 is 6.18 Å². The van der Waals surface area contributed by atoms with Crippen molar-refractivity contribution in [3.05, 3.63) is 0 Å². The van der Waals surface area contributed by atoms with Gasteiger partial charge in [0.25, 0.3) is 0 Å². The van der Waals surface area contributed by atoms with E-state index in [0.717, 1.165) is 13.0 Å². The van der Waals surface area contributed by atoms with Gasteiger partial charge in [0.05, 0.1) is 6.54 Å².